The van der Waals surface area contributed by atoms with Crippen LogP contribution in [0.15, 0.2) is 36.4 Å². The Hall–Kier alpha value is -3.10. The van der Waals surface area contributed by atoms with Crippen molar-refractivity contribution in [1.82, 2.24) is 19.8 Å². The van der Waals surface area contributed by atoms with E-state index in [4.69, 9.17) is 10.7 Å². The highest BCUT2D eigenvalue weighted by Gasteiger charge is 2.29. The zero-order chi connectivity index (χ0) is 27.3. The summed E-state index contributed by atoms with van der Waals surface area (Å²) in [5, 5.41) is 1.95. The lowest BCUT2D eigenvalue weighted by molar-refractivity contribution is 0.0730. The Morgan fingerprint density at radius 2 is 1.87 bits per heavy atom. The van der Waals surface area contributed by atoms with Gasteiger partial charge in [-0.05, 0) is 93.0 Å². The summed E-state index contributed by atoms with van der Waals surface area (Å²) in [6, 6.07) is 11.2. The summed E-state index contributed by atoms with van der Waals surface area (Å²) in [5.41, 5.74) is 9.64. The van der Waals surface area contributed by atoms with Crippen molar-refractivity contribution in [3.63, 3.8) is 0 Å². The summed E-state index contributed by atoms with van der Waals surface area (Å²) >= 11 is 1.78. The van der Waals surface area contributed by atoms with Gasteiger partial charge in [0.25, 0.3) is 5.91 Å². The van der Waals surface area contributed by atoms with Crippen molar-refractivity contribution >= 4 is 44.2 Å². The van der Waals surface area contributed by atoms with Gasteiger partial charge in [-0.25, -0.2) is 14.4 Å². The maximum Gasteiger partial charge on any atom is 0.257 e. The predicted octanol–water partition coefficient (Wildman–Crippen LogP) is 6.55. The van der Waals surface area contributed by atoms with Crippen LogP contribution in [-0.4, -0.2) is 52.4 Å². The van der Waals surface area contributed by atoms with Crippen LogP contribution in [0.3, 0.4) is 0 Å². The molecule has 1 amide bonds. The van der Waals surface area contributed by atoms with Gasteiger partial charge in [0.15, 0.2) is 0 Å². The summed E-state index contributed by atoms with van der Waals surface area (Å²) in [6.45, 7) is 7.39. The largest absolute Gasteiger partial charge is 0.383 e. The van der Waals surface area contributed by atoms with Gasteiger partial charge in [-0.15, -0.1) is 11.3 Å². The fraction of sp³-hybridized carbons (Fsp3) is 0.452. The summed E-state index contributed by atoms with van der Waals surface area (Å²) < 4.78 is 16.4. The van der Waals surface area contributed by atoms with Crippen LogP contribution in [-0.2, 0) is 6.54 Å². The summed E-state index contributed by atoms with van der Waals surface area (Å²) in [5.74, 6) is 0.753. The molecular weight excluding hydrogens is 509 g/mol. The molecule has 0 unspecified atom stereocenters. The van der Waals surface area contributed by atoms with E-state index in [1.807, 2.05) is 24.8 Å². The van der Waals surface area contributed by atoms with E-state index in [9.17, 15) is 4.79 Å². The van der Waals surface area contributed by atoms with E-state index in [1.165, 1.54) is 11.1 Å². The number of nitrogens with zero attached hydrogens (tertiary/aromatic N) is 4. The Balaban J connectivity index is 1.28. The molecule has 1 aliphatic heterocycles. The molecule has 0 spiro atoms. The Morgan fingerprint density at radius 3 is 2.59 bits per heavy atom. The number of likely N-dealkylation sites (tertiary alicyclic amines) is 1. The third kappa shape index (κ3) is 5.50. The molecule has 4 aromatic rings. The van der Waals surface area contributed by atoms with Crippen molar-refractivity contribution in [3.05, 3.63) is 63.9 Å². The predicted molar refractivity (Wildman–Crippen MR) is 157 cm³/mol. The topological polar surface area (TPSA) is 75.4 Å². The zero-order valence-corrected chi connectivity index (χ0v) is 23.7. The number of halogens is 1. The number of thiazole rings is 1. The van der Waals surface area contributed by atoms with Crippen LogP contribution in [0, 0.1) is 11.7 Å². The van der Waals surface area contributed by atoms with Gasteiger partial charge in [-0.2, -0.15) is 0 Å². The average molecular weight is 546 g/mol. The van der Waals surface area contributed by atoms with Gasteiger partial charge in [0, 0.05) is 30.5 Å². The van der Waals surface area contributed by atoms with E-state index < -0.39 is 5.82 Å². The molecule has 2 fully saturated rings. The maximum absolute atomic E-state index is 15.3. The molecule has 2 aliphatic rings. The second-order valence-corrected chi connectivity index (χ2v) is 12.8. The van der Waals surface area contributed by atoms with E-state index in [0.717, 1.165) is 65.5 Å². The minimum atomic E-state index is -0.557. The number of anilines is 1. The van der Waals surface area contributed by atoms with Crippen molar-refractivity contribution < 1.29 is 9.18 Å². The first-order valence-corrected chi connectivity index (χ1v) is 14.8. The van der Waals surface area contributed by atoms with Crippen LogP contribution >= 0.6 is 11.3 Å². The van der Waals surface area contributed by atoms with Crippen molar-refractivity contribution in [3.8, 4) is 0 Å². The number of piperidine rings is 1. The van der Waals surface area contributed by atoms with Gasteiger partial charge in [0.1, 0.15) is 11.6 Å². The fourth-order valence-corrected chi connectivity index (χ4v) is 6.79. The van der Waals surface area contributed by atoms with E-state index in [1.54, 1.807) is 17.4 Å². The highest BCUT2D eigenvalue weighted by molar-refractivity contribution is 7.18. The molecule has 1 saturated heterocycles. The molecule has 2 N–H and O–H groups in total. The van der Waals surface area contributed by atoms with Gasteiger partial charge in [0.05, 0.1) is 26.3 Å². The van der Waals surface area contributed by atoms with Gasteiger partial charge >= 0.3 is 0 Å². The Morgan fingerprint density at radius 1 is 1.10 bits per heavy atom. The Labute approximate surface area is 233 Å². The van der Waals surface area contributed by atoms with E-state index in [2.05, 4.69) is 35.1 Å². The first-order chi connectivity index (χ1) is 18.7. The molecule has 2 aromatic carbocycles. The summed E-state index contributed by atoms with van der Waals surface area (Å²) in [7, 11) is 2.18. The maximum atomic E-state index is 15.3. The van der Waals surface area contributed by atoms with Crippen molar-refractivity contribution in [2.45, 2.75) is 57.9 Å². The van der Waals surface area contributed by atoms with Crippen LogP contribution in [0.2, 0.25) is 0 Å². The molecule has 8 heteroatoms. The smallest absolute Gasteiger partial charge is 0.257 e. The summed E-state index contributed by atoms with van der Waals surface area (Å²) in [6.07, 6.45) is 4.51. The SMILES string of the molecule is CC(C)c1cc2cc(C(=O)N(Cc3ccc4nc(C5CCN(C)CC5)sc4c3)CC3CC3)c(F)cc2nc1N. The van der Waals surface area contributed by atoms with E-state index >= 15 is 4.39 Å². The minimum Gasteiger partial charge on any atom is -0.383 e. The number of amides is 1. The molecule has 0 atom stereocenters. The molecule has 1 aliphatic carbocycles. The van der Waals surface area contributed by atoms with Crippen molar-refractivity contribution in [2.75, 3.05) is 32.4 Å². The van der Waals surface area contributed by atoms with Crippen molar-refractivity contribution in [1.29, 1.82) is 0 Å². The van der Waals surface area contributed by atoms with Gasteiger partial charge in [-0.1, -0.05) is 19.9 Å². The first-order valence-electron chi connectivity index (χ1n) is 14.0. The molecule has 204 valence electrons. The van der Waals surface area contributed by atoms with Gasteiger partial charge < -0.3 is 15.5 Å². The van der Waals surface area contributed by atoms with E-state index in [-0.39, 0.29) is 17.4 Å². The lowest BCUT2D eigenvalue weighted by Crippen LogP contribution is -2.33. The van der Waals surface area contributed by atoms with Gasteiger partial charge in [0.2, 0.25) is 0 Å². The number of benzene rings is 2. The lowest BCUT2D eigenvalue weighted by atomic mass is 9.98. The standard InChI is InChI=1S/C31H36FN5OS/c1-18(2)23-13-22-14-24(25(32)15-27(22)34-29(23)33)31(38)37(16-19-4-5-19)17-20-6-7-26-28(12-20)39-30(35-26)21-8-10-36(3)11-9-21/h6-7,12-15,18-19,21H,4-5,8-11,16-17H2,1-3H3,(H2,33,34). The summed E-state index contributed by atoms with van der Waals surface area (Å²) in [4.78, 5) is 27.3. The lowest BCUT2D eigenvalue weighted by Gasteiger charge is -2.27. The van der Waals surface area contributed by atoms with Crippen LogP contribution in [0.4, 0.5) is 10.2 Å². The number of nitrogens with two attached hydrogens (primary N) is 1. The molecule has 39 heavy (non-hydrogen) atoms. The number of hydrogen-bond donors (Lipinski definition) is 1. The second kappa shape index (κ2) is 10.5. The molecule has 0 radical (unpaired) electrons. The fourth-order valence-electron chi connectivity index (χ4n) is 5.59. The highest BCUT2D eigenvalue weighted by Crippen LogP contribution is 2.35. The number of pyridine rings is 1. The average Bonchev–Trinajstić information content (AvgIpc) is 3.62. The number of carbonyl (C=O) groups excluding carboxylic acids is 1. The molecule has 6 rings (SSSR count). The number of carbonyl (C=O) groups is 1. The van der Waals surface area contributed by atoms with Crippen LogP contribution in [0.5, 0.6) is 0 Å². The molecule has 1 saturated carbocycles. The molecule has 6 nitrogen and oxygen atoms in total. The number of nitrogen functional groups attached to an aromatic ring is 1. The van der Waals surface area contributed by atoms with Crippen LogP contribution in [0.1, 0.15) is 77.9 Å². The Bertz CT molecular complexity index is 1540. The quantitative estimate of drug-likeness (QED) is 0.285. The first kappa shape index (κ1) is 26.1. The van der Waals surface area contributed by atoms with Crippen molar-refractivity contribution in [2.24, 2.45) is 5.92 Å². The van der Waals surface area contributed by atoms with Crippen LogP contribution < -0.4 is 5.73 Å². The number of aromatic nitrogens is 2. The van der Waals surface area contributed by atoms with E-state index in [0.29, 0.717) is 36.3 Å². The molecular formula is C31H36FN5OS. The van der Waals surface area contributed by atoms with Gasteiger partial charge in [-0.3, -0.25) is 4.79 Å². The number of hydrogen-bond acceptors (Lipinski definition) is 6. The monoisotopic (exact) mass is 545 g/mol. The normalized spacial score (nSPS) is 16.9. The third-order valence-corrected chi connectivity index (χ3v) is 9.37. The molecule has 3 heterocycles. The number of rotatable bonds is 7. The Kier molecular flexibility index (Phi) is 7.02. The highest BCUT2D eigenvalue weighted by atomic mass is 32.1. The number of fused-ring (bicyclic) bond motifs is 2. The van der Waals surface area contributed by atoms with Crippen LogP contribution in [0.25, 0.3) is 21.1 Å². The third-order valence-electron chi connectivity index (χ3n) is 8.19. The minimum absolute atomic E-state index is 0.0906. The molecule has 0 bridgehead atoms. The molecule has 2 aromatic heterocycles. The zero-order valence-electron chi connectivity index (χ0n) is 22.9. The second-order valence-electron chi connectivity index (χ2n) is 11.7.